The van der Waals surface area contributed by atoms with Crippen LogP contribution in [0, 0.1) is 5.82 Å². The Labute approximate surface area is 101 Å². The van der Waals surface area contributed by atoms with Gasteiger partial charge in [0.2, 0.25) is 0 Å². The van der Waals surface area contributed by atoms with Gasteiger partial charge in [-0.3, -0.25) is 0 Å². The summed E-state index contributed by atoms with van der Waals surface area (Å²) in [6, 6.07) is 3.34. The highest BCUT2D eigenvalue weighted by atomic mass is 79.9. The van der Waals surface area contributed by atoms with Gasteiger partial charge in [0.15, 0.2) is 0 Å². The highest BCUT2D eigenvalue weighted by Gasteiger charge is 2.20. The number of likely N-dealkylation sites (N-methyl/N-ethyl adjacent to an activating group) is 1. The van der Waals surface area contributed by atoms with E-state index in [1.54, 1.807) is 13.0 Å². The first-order valence-electron chi connectivity index (χ1n) is 5.00. The Balaban J connectivity index is 2.80. The van der Waals surface area contributed by atoms with Gasteiger partial charge in [0.25, 0.3) is 6.43 Å². The monoisotopic (exact) mass is 295 g/mol. The largest absolute Gasteiger partial charge is 0.309 e. The third kappa shape index (κ3) is 3.79. The van der Waals surface area contributed by atoms with Crippen LogP contribution in [0.1, 0.15) is 12.5 Å². The molecule has 0 amide bonds. The third-order valence-corrected chi connectivity index (χ3v) is 2.71. The van der Waals surface area contributed by atoms with Gasteiger partial charge in [-0.2, -0.15) is 0 Å². The van der Waals surface area contributed by atoms with Crippen molar-refractivity contribution in [3.8, 4) is 0 Å². The van der Waals surface area contributed by atoms with E-state index >= 15 is 0 Å². The number of halogens is 4. The number of hydrogen-bond donors (Lipinski definition) is 1. The Bertz CT molecular complexity index is 344. The molecule has 0 heterocycles. The highest BCUT2D eigenvalue weighted by molar-refractivity contribution is 9.10. The minimum atomic E-state index is -2.50. The van der Waals surface area contributed by atoms with Gasteiger partial charge in [-0.15, -0.1) is 0 Å². The maximum Gasteiger partial charge on any atom is 0.254 e. The van der Waals surface area contributed by atoms with Crippen LogP contribution >= 0.6 is 15.9 Å². The lowest BCUT2D eigenvalue weighted by atomic mass is 10.1. The Morgan fingerprint density at radius 1 is 1.38 bits per heavy atom. The van der Waals surface area contributed by atoms with E-state index in [0.29, 0.717) is 16.6 Å². The number of rotatable bonds is 5. The SMILES string of the molecule is CCNC(Cc1cc(Br)ccc1F)C(F)F. The Morgan fingerprint density at radius 2 is 2.06 bits per heavy atom. The van der Waals surface area contributed by atoms with Crippen molar-refractivity contribution in [2.45, 2.75) is 25.8 Å². The van der Waals surface area contributed by atoms with Crippen molar-refractivity contribution in [2.24, 2.45) is 0 Å². The molecular formula is C11H13BrF3N. The second kappa shape index (κ2) is 6.25. The fourth-order valence-corrected chi connectivity index (χ4v) is 1.86. The van der Waals surface area contributed by atoms with Gasteiger partial charge in [-0.25, -0.2) is 13.2 Å². The van der Waals surface area contributed by atoms with Crippen LogP contribution in [0.3, 0.4) is 0 Å². The van der Waals surface area contributed by atoms with Crippen LogP contribution in [0.25, 0.3) is 0 Å². The molecule has 90 valence electrons. The summed E-state index contributed by atoms with van der Waals surface area (Å²) in [5.41, 5.74) is 0.292. The molecule has 0 saturated heterocycles. The van der Waals surface area contributed by atoms with Crippen molar-refractivity contribution in [1.82, 2.24) is 5.32 Å². The molecule has 0 aliphatic rings. The molecule has 0 bridgehead atoms. The van der Waals surface area contributed by atoms with Crippen LogP contribution in [0.2, 0.25) is 0 Å². The van der Waals surface area contributed by atoms with Crippen LogP contribution in [0.5, 0.6) is 0 Å². The first-order valence-corrected chi connectivity index (χ1v) is 5.79. The summed E-state index contributed by atoms with van der Waals surface area (Å²) in [4.78, 5) is 0. The molecule has 1 unspecified atom stereocenters. The van der Waals surface area contributed by atoms with Gasteiger partial charge in [-0.05, 0) is 36.7 Å². The van der Waals surface area contributed by atoms with Crippen molar-refractivity contribution >= 4 is 15.9 Å². The van der Waals surface area contributed by atoms with Crippen LogP contribution in [0.15, 0.2) is 22.7 Å². The van der Waals surface area contributed by atoms with E-state index in [4.69, 9.17) is 0 Å². The molecule has 1 aromatic carbocycles. The number of hydrogen-bond acceptors (Lipinski definition) is 1. The van der Waals surface area contributed by atoms with E-state index in [9.17, 15) is 13.2 Å². The predicted molar refractivity (Wildman–Crippen MR) is 61.3 cm³/mol. The molecule has 5 heteroatoms. The van der Waals surface area contributed by atoms with E-state index in [1.807, 2.05) is 0 Å². The van der Waals surface area contributed by atoms with Gasteiger partial charge in [0, 0.05) is 4.47 Å². The molecule has 0 aliphatic heterocycles. The summed E-state index contributed by atoms with van der Waals surface area (Å²) >= 11 is 3.19. The topological polar surface area (TPSA) is 12.0 Å². The maximum atomic E-state index is 13.3. The fraction of sp³-hybridized carbons (Fsp3) is 0.455. The first-order chi connectivity index (χ1) is 7.54. The van der Waals surface area contributed by atoms with E-state index < -0.39 is 18.3 Å². The Morgan fingerprint density at radius 3 is 2.62 bits per heavy atom. The van der Waals surface area contributed by atoms with E-state index in [1.165, 1.54) is 12.1 Å². The molecule has 1 atom stereocenters. The zero-order valence-corrected chi connectivity index (χ0v) is 10.4. The second-order valence-corrected chi connectivity index (χ2v) is 4.35. The molecular weight excluding hydrogens is 283 g/mol. The summed E-state index contributed by atoms with van der Waals surface area (Å²) in [5.74, 6) is -0.452. The summed E-state index contributed by atoms with van der Waals surface area (Å²) in [5, 5.41) is 2.65. The lowest BCUT2D eigenvalue weighted by Crippen LogP contribution is -2.37. The molecule has 1 nitrogen and oxygen atoms in total. The van der Waals surface area contributed by atoms with Gasteiger partial charge < -0.3 is 5.32 Å². The summed E-state index contributed by atoms with van der Waals surface area (Å²) in [7, 11) is 0. The van der Waals surface area contributed by atoms with Crippen molar-refractivity contribution < 1.29 is 13.2 Å². The van der Waals surface area contributed by atoms with Gasteiger partial charge in [-0.1, -0.05) is 22.9 Å². The summed E-state index contributed by atoms with van der Waals surface area (Å²) < 4.78 is 39.2. The average Bonchev–Trinajstić information content (AvgIpc) is 2.22. The van der Waals surface area contributed by atoms with Crippen molar-refractivity contribution in [3.05, 3.63) is 34.1 Å². The van der Waals surface area contributed by atoms with Crippen LogP contribution in [-0.4, -0.2) is 19.0 Å². The van der Waals surface area contributed by atoms with Crippen LogP contribution in [0.4, 0.5) is 13.2 Å². The van der Waals surface area contributed by atoms with Crippen molar-refractivity contribution in [2.75, 3.05) is 6.54 Å². The lowest BCUT2D eigenvalue weighted by molar-refractivity contribution is 0.0987. The smallest absolute Gasteiger partial charge is 0.254 e. The number of nitrogens with one attached hydrogen (secondary N) is 1. The van der Waals surface area contributed by atoms with E-state index in [-0.39, 0.29) is 6.42 Å². The zero-order valence-electron chi connectivity index (χ0n) is 8.81. The normalized spacial score (nSPS) is 13.1. The van der Waals surface area contributed by atoms with Crippen molar-refractivity contribution in [1.29, 1.82) is 0 Å². The molecule has 0 aliphatic carbocycles. The Kier molecular flexibility index (Phi) is 5.28. The molecule has 0 radical (unpaired) electrons. The molecule has 0 spiro atoms. The Hall–Kier alpha value is -0.550. The molecule has 16 heavy (non-hydrogen) atoms. The molecule has 1 N–H and O–H groups in total. The van der Waals surface area contributed by atoms with E-state index in [0.717, 1.165) is 0 Å². The predicted octanol–water partition coefficient (Wildman–Crippen LogP) is 3.37. The molecule has 0 fully saturated rings. The highest BCUT2D eigenvalue weighted by Crippen LogP contribution is 2.18. The van der Waals surface area contributed by atoms with Gasteiger partial charge in [0.1, 0.15) is 5.82 Å². The fourth-order valence-electron chi connectivity index (χ4n) is 1.45. The van der Waals surface area contributed by atoms with Crippen molar-refractivity contribution in [3.63, 3.8) is 0 Å². The third-order valence-electron chi connectivity index (χ3n) is 2.22. The van der Waals surface area contributed by atoms with Crippen LogP contribution in [-0.2, 0) is 6.42 Å². The van der Waals surface area contributed by atoms with Crippen LogP contribution < -0.4 is 5.32 Å². The molecule has 0 aromatic heterocycles. The quantitative estimate of drug-likeness (QED) is 0.878. The summed E-state index contributed by atoms with van der Waals surface area (Å²) in [6.45, 7) is 2.18. The summed E-state index contributed by atoms with van der Waals surface area (Å²) in [6.07, 6.45) is -2.52. The maximum absolute atomic E-state index is 13.3. The lowest BCUT2D eigenvalue weighted by Gasteiger charge is -2.17. The number of benzene rings is 1. The standard InChI is InChI=1S/C11H13BrF3N/c1-2-16-10(11(14)15)6-7-5-8(12)3-4-9(7)13/h3-5,10-11,16H,2,6H2,1H3. The van der Waals surface area contributed by atoms with E-state index in [2.05, 4.69) is 21.2 Å². The van der Waals surface area contributed by atoms with Gasteiger partial charge in [0.05, 0.1) is 6.04 Å². The first kappa shape index (κ1) is 13.5. The van der Waals surface area contributed by atoms with Gasteiger partial charge >= 0.3 is 0 Å². The minimum absolute atomic E-state index is 0.0171. The molecule has 1 rings (SSSR count). The number of alkyl halides is 2. The second-order valence-electron chi connectivity index (χ2n) is 3.44. The molecule has 0 saturated carbocycles. The zero-order chi connectivity index (χ0) is 12.1. The minimum Gasteiger partial charge on any atom is -0.309 e. The average molecular weight is 296 g/mol. The molecule has 1 aromatic rings.